The molecule has 1 amide bonds. The molecule has 1 atom stereocenters. The summed E-state index contributed by atoms with van der Waals surface area (Å²) >= 11 is 0. The smallest absolute Gasteiger partial charge is 0.416 e. The Kier molecular flexibility index (Phi) is 8.97. The molecule has 3 aromatic rings. The van der Waals surface area contributed by atoms with Crippen LogP contribution in [0.5, 0.6) is 5.75 Å². The number of rotatable bonds is 10. The lowest BCUT2D eigenvalue weighted by atomic mass is 9.93. The van der Waals surface area contributed by atoms with Crippen LogP contribution in [0.1, 0.15) is 59.8 Å². The molecule has 0 bridgehead atoms. The van der Waals surface area contributed by atoms with Crippen molar-refractivity contribution < 1.29 is 32.6 Å². The van der Waals surface area contributed by atoms with Gasteiger partial charge in [-0.1, -0.05) is 44.2 Å². The number of aryl methyl sites for hydroxylation is 1. The Balaban J connectivity index is 1.76. The normalized spacial score (nSPS) is 12.3. The van der Waals surface area contributed by atoms with E-state index >= 15 is 0 Å². The number of carboxylic acid groups (broad SMARTS) is 1. The van der Waals surface area contributed by atoms with Gasteiger partial charge in [-0.3, -0.25) is 9.59 Å². The van der Waals surface area contributed by atoms with Gasteiger partial charge in [-0.15, -0.1) is 0 Å². The van der Waals surface area contributed by atoms with E-state index in [-0.39, 0.29) is 25.0 Å². The minimum Gasteiger partial charge on any atom is -0.486 e. The first-order chi connectivity index (χ1) is 17.4. The van der Waals surface area contributed by atoms with Gasteiger partial charge in [-0.2, -0.15) is 13.2 Å². The zero-order valence-corrected chi connectivity index (χ0v) is 20.9. The largest absolute Gasteiger partial charge is 0.486 e. The number of aliphatic carboxylic acids is 1. The van der Waals surface area contributed by atoms with Gasteiger partial charge in [0.2, 0.25) is 0 Å². The summed E-state index contributed by atoms with van der Waals surface area (Å²) in [4.78, 5) is 22.8. The zero-order valence-electron chi connectivity index (χ0n) is 20.9. The number of hydrogen-bond acceptors (Lipinski definition) is 3. The fraction of sp³-hybridized carbons (Fsp3) is 0.310. The highest BCUT2D eigenvalue weighted by Gasteiger charge is 2.30. The molecule has 0 fully saturated rings. The molecule has 2 N–H and O–H groups in total. The van der Waals surface area contributed by atoms with Gasteiger partial charge >= 0.3 is 12.1 Å². The van der Waals surface area contributed by atoms with E-state index in [4.69, 9.17) is 9.84 Å². The molecule has 0 aliphatic heterocycles. The van der Waals surface area contributed by atoms with Crippen molar-refractivity contribution in [2.24, 2.45) is 5.92 Å². The maximum atomic E-state index is 12.9. The first kappa shape index (κ1) is 27.8. The summed E-state index contributed by atoms with van der Waals surface area (Å²) in [5.41, 5.74) is 3.16. The third kappa shape index (κ3) is 7.84. The lowest BCUT2D eigenvalue weighted by Gasteiger charge is -2.24. The number of nitrogens with one attached hydrogen (secondary N) is 1. The van der Waals surface area contributed by atoms with Crippen LogP contribution in [0.3, 0.4) is 0 Å². The monoisotopic (exact) mass is 513 g/mol. The number of halogens is 3. The van der Waals surface area contributed by atoms with Crippen molar-refractivity contribution in [3.8, 4) is 16.9 Å². The van der Waals surface area contributed by atoms with Crippen LogP contribution in [0.25, 0.3) is 11.1 Å². The minimum atomic E-state index is -4.37. The molecule has 0 saturated heterocycles. The van der Waals surface area contributed by atoms with Crippen LogP contribution in [0.15, 0.2) is 66.7 Å². The summed E-state index contributed by atoms with van der Waals surface area (Å²) in [5.74, 6) is -0.429. The van der Waals surface area contributed by atoms with Gasteiger partial charge in [0, 0.05) is 12.1 Å². The summed E-state index contributed by atoms with van der Waals surface area (Å²) in [6.45, 7) is 6.18. The maximum Gasteiger partial charge on any atom is 0.416 e. The van der Waals surface area contributed by atoms with Crippen LogP contribution in [0.4, 0.5) is 13.2 Å². The molecule has 3 aromatic carbocycles. The average Bonchev–Trinajstić information content (AvgIpc) is 2.83. The summed E-state index contributed by atoms with van der Waals surface area (Å²) in [7, 11) is 0. The van der Waals surface area contributed by atoms with Crippen molar-refractivity contribution in [1.29, 1.82) is 0 Å². The molecule has 196 valence electrons. The van der Waals surface area contributed by atoms with Crippen LogP contribution < -0.4 is 10.1 Å². The summed E-state index contributed by atoms with van der Waals surface area (Å²) in [6.07, 6.45) is -4.06. The molecule has 5 nitrogen and oxygen atoms in total. The van der Waals surface area contributed by atoms with E-state index in [0.29, 0.717) is 22.8 Å². The molecule has 0 heterocycles. The van der Waals surface area contributed by atoms with Gasteiger partial charge in [0.25, 0.3) is 5.91 Å². The Labute approximate surface area is 214 Å². The number of alkyl halides is 3. The van der Waals surface area contributed by atoms with E-state index in [1.54, 1.807) is 24.3 Å². The van der Waals surface area contributed by atoms with Gasteiger partial charge in [0.15, 0.2) is 0 Å². The van der Waals surface area contributed by atoms with Crippen LogP contribution in [-0.4, -0.2) is 23.5 Å². The summed E-state index contributed by atoms with van der Waals surface area (Å²) in [5, 5.41) is 11.3. The molecular formula is C29H30F3NO4. The third-order valence-corrected chi connectivity index (χ3v) is 5.87. The van der Waals surface area contributed by atoms with Crippen LogP contribution in [0, 0.1) is 12.8 Å². The summed E-state index contributed by atoms with van der Waals surface area (Å²) in [6, 6.07) is 17.5. The second-order valence-electron chi connectivity index (χ2n) is 9.31. The Hall–Kier alpha value is -3.81. The Morgan fingerprint density at radius 2 is 1.57 bits per heavy atom. The molecule has 3 rings (SSSR count). The number of carboxylic acids is 1. The number of ether oxygens (including phenoxy) is 1. The van der Waals surface area contributed by atoms with E-state index in [2.05, 4.69) is 19.2 Å². The van der Waals surface area contributed by atoms with E-state index in [0.717, 1.165) is 35.2 Å². The standard InChI is InChI=1S/C29H30F3NO4/c1-18(2)16-26(37-24-11-6-21(7-12-24)28(36)33-15-14-27(34)35)25-13-8-22(17-19(25)3)20-4-9-23(10-5-20)29(30,31)32/h4-13,17-18,26H,14-16H2,1-3H3,(H,33,36)(H,34,35). The predicted molar refractivity (Wildman–Crippen MR) is 135 cm³/mol. The van der Waals surface area contributed by atoms with Gasteiger partial charge in [-0.25, -0.2) is 0 Å². The maximum absolute atomic E-state index is 12.9. The SMILES string of the molecule is Cc1cc(-c2ccc(C(F)(F)F)cc2)ccc1C(CC(C)C)Oc1ccc(C(=O)NCCC(=O)O)cc1. The quantitative estimate of drug-likeness (QED) is 0.305. The van der Waals surface area contributed by atoms with Crippen LogP contribution in [-0.2, 0) is 11.0 Å². The highest BCUT2D eigenvalue weighted by Crippen LogP contribution is 2.34. The van der Waals surface area contributed by atoms with Crippen molar-refractivity contribution in [2.45, 2.75) is 45.9 Å². The van der Waals surface area contributed by atoms with E-state index in [1.807, 2.05) is 25.1 Å². The minimum absolute atomic E-state index is 0.0463. The lowest BCUT2D eigenvalue weighted by Crippen LogP contribution is -2.25. The lowest BCUT2D eigenvalue weighted by molar-refractivity contribution is -0.138. The van der Waals surface area contributed by atoms with Crippen molar-refractivity contribution >= 4 is 11.9 Å². The molecule has 0 aromatic heterocycles. The first-order valence-corrected chi connectivity index (χ1v) is 12.0. The van der Waals surface area contributed by atoms with Crippen LogP contribution >= 0.6 is 0 Å². The van der Waals surface area contributed by atoms with E-state index in [9.17, 15) is 22.8 Å². The van der Waals surface area contributed by atoms with Crippen molar-refractivity contribution in [3.05, 3.63) is 89.0 Å². The molecule has 37 heavy (non-hydrogen) atoms. The second-order valence-corrected chi connectivity index (χ2v) is 9.31. The molecule has 1 unspecified atom stereocenters. The van der Waals surface area contributed by atoms with Crippen molar-refractivity contribution in [3.63, 3.8) is 0 Å². The Morgan fingerprint density at radius 1 is 0.946 bits per heavy atom. The highest BCUT2D eigenvalue weighted by atomic mass is 19.4. The molecule has 0 aliphatic rings. The molecule has 8 heteroatoms. The van der Waals surface area contributed by atoms with Gasteiger partial charge in [0.1, 0.15) is 11.9 Å². The van der Waals surface area contributed by atoms with Crippen LogP contribution in [0.2, 0.25) is 0 Å². The summed E-state index contributed by atoms with van der Waals surface area (Å²) < 4.78 is 45.0. The first-order valence-electron chi connectivity index (χ1n) is 12.0. The molecular weight excluding hydrogens is 483 g/mol. The number of hydrogen-bond donors (Lipinski definition) is 2. The second kappa shape index (κ2) is 12.0. The fourth-order valence-corrected chi connectivity index (χ4v) is 3.97. The number of amides is 1. The molecule has 0 spiro atoms. The number of benzene rings is 3. The molecule has 0 saturated carbocycles. The van der Waals surface area contributed by atoms with Crippen molar-refractivity contribution in [2.75, 3.05) is 6.54 Å². The Morgan fingerprint density at radius 3 is 2.11 bits per heavy atom. The zero-order chi connectivity index (χ0) is 27.2. The van der Waals surface area contributed by atoms with Gasteiger partial charge in [0.05, 0.1) is 12.0 Å². The number of carbonyl (C=O) groups excluding carboxylic acids is 1. The molecule has 0 radical (unpaired) electrons. The topological polar surface area (TPSA) is 75.6 Å². The Bertz CT molecular complexity index is 1220. The third-order valence-electron chi connectivity index (χ3n) is 5.87. The van der Waals surface area contributed by atoms with E-state index < -0.39 is 17.7 Å². The molecule has 0 aliphatic carbocycles. The predicted octanol–water partition coefficient (Wildman–Crippen LogP) is 7.05. The highest BCUT2D eigenvalue weighted by molar-refractivity contribution is 5.94. The van der Waals surface area contributed by atoms with E-state index in [1.165, 1.54) is 12.1 Å². The fourth-order valence-electron chi connectivity index (χ4n) is 3.97. The number of carbonyl (C=O) groups is 2. The van der Waals surface area contributed by atoms with Gasteiger partial charge < -0.3 is 15.2 Å². The average molecular weight is 514 g/mol. The van der Waals surface area contributed by atoms with Crippen molar-refractivity contribution in [1.82, 2.24) is 5.32 Å². The van der Waals surface area contributed by atoms with Gasteiger partial charge in [-0.05, 0) is 77.9 Å².